The summed E-state index contributed by atoms with van der Waals surface area (Å²) in [6.45, 7) is -0.982. The van der Waals surface area contributed by atoms with Crippen molar-refractivity contribution in [2.45, 2.75) is 12.7 Å². The first kappa shape index (κ1) is 15.7. The molecule has 0 radical (unpaired) electrons. The lowest BCUT2D eigenvalue weighted by atomic mass is 9.95. The molecule has 1 aromatic heterocycles. The van der Waals surface area contributed by atoms with Crippen molar-refractivity contribution in [3.8, 4) is 22.4 Å². The Bertz CT molecular complexity index is 930. The number of benzene rings is 2. The lowest BCUT2D eigenvalue weighted by Gasteiger charge is -2.32. The van der Waals surface area contributed by atoms with Gasteiger partial charge in [0.15, 0.2) is 0 Å². The molecule has 1 N–H and O–H groups in total. The van der Waals surface area contributed by atoms with Crippen LogP contribution in [0.2, 0.25) is 0 Å². The molecule has 0 bridgehead atoms. The molecule has 3 aromatic rings. The molecule has 0 fully saturated rings. The van der Waals surface area contributed by atoms with Crippen LogP contribution >= 0.6 is 0 Å². The molecule has 7 heteroatoms. The van der Waals surface area contributed by atoms with Crippen LogP contribution in [-0.4, -0.2) is 22.9 Å². The van der Waals surface area contributed by atoms with E-state index in [1.54, 1.807) is 36.4 Å². The van der Waals surface area contributed by atoms with E-state index >= 15 is 0 Å². The van der Waals surface area contributed by atoms with Crippen molar-refractivity contribution < 1.29 is 17.6 Å². The van der Waals surface area contributed by atoms with E-state index in [4.69, 9.17) is 0 Å². The molecule has 25 heavy (non-hydrogen) atoms. The normalized spacial score (nSPS) is 13.5. The largest absolute Gasteiger partial charge is 0.405 e. The molecule has 0 aliphatic carbocycles. The Kier molecular flexibility index (Phi) is 3.52. The summed E-state index contributed by atoms with van der Waals surface area (Å²) in [4.78, 5) is 1.25. The zero-order valence-electron chi connectivity index (χ0n) is 12.9. The van der Waals surface area contributed by atoms with Gasteiger partial charge in [0, 0.05) is 28.9 Å². The van der Waals surface area contributed by atoms with Crippen molar-refractivity contribution in [2.24, 2.45) is 0 Å². The molecule has 4 rings (SSSR count). The smallest absolute Gasteiger partial charge is 0.357 e. The molecule has 3 nitrogen and oxygen atoms in total. The fourth-order valence-corrected chi connectivity index (χ4v) is 3.18. The average Bonchev–Trinajstić information content (AvgIpc) is 3.02. The number of hydrogen-bond acceptors (Lipinski definition) is 2. The van der Waals surface area contributed by atoms with Gasteiger partial charge in [-0.25, -0.2) is 4.39 Å². The summed E-state index contributed by atoms with van der Waals surface area (Å²) >= 11 is 0. The van der Waals surface area contributed by atoms with Gasteiger partial charge in [-0.2, -0.15) is 18.3 Å². The Balaban J connectivity index is 1.85. The van der Waals surface area contributed by atoms with Crippen LogP contribution in [0.15, 0.2) is 48.7 Å². The van der Waals surface area contributed by atoms with Crippen molar-refractivity contribution in [3.05, 3.63) is 60.0 Å². The fourth-order valence-electron chi connectivity index (χ4n) is 3.18. The van der Waals surface area contributed by atoms with Gasteiger partial charge in [0.05, 0.1) is 11.9 Å². The third-order valence-electron chi connectivity index (χ3n) is 4.24. The standard InChI is InChI=1S/C18H13F4N3/c19-15-4-2-1-3-13(15)11-5-6-14-16(7-11)25(10-18(20,21)22)9-12-8-23-24-17(12)14/h1-8H,9-10H2,(H,23,24). The maximum atomic E-state index is 14.1. The van der Waals surface area contributed by atoms with E-state index in [1.807, 2.05) is 0 Å². The summed E-state index contributed by atoms with van der Waals surface area (Å²) < 4.78 is 53.1. The number of anilines is 1. The van der Waals surface area contributed by atoms with Gasteiger partial charge >= 0.3 is 6.18 Å². The highest BCUT2D eigenvalue weighted by atomic mass is 19.4. The molecule has 0 atom stereocenters. The average molecular weight is 347 g/mol. The SMILES string of the molecule is Fc1ccccc1-c1ccc2c(c1)N(CC(F)(F)F)Cc1cn[nH]c1-2. The lowest BCUT2D eigenvalue weighted by Crippen LogP contribution is -2.35. The molecular formula is C18H13F4N3. The summed E-state index contributed by atoms with van der Waals surface area (Å²) in [7, 11) is 0. The Labute approximate surface area is 140 Å². The van der Waals surface area contributed by atoms with Gasteiger partial charge in [-0.1, -0.05) is 30.3 Å². The molecule has 0 unspecified atom stereocenters. The van der Waals surface area contributed by atoms with Crippen LogP contribution in [0.4, 0.5) is 23.2 Å². The van der Waals surface area contributed by atoms with Crippen LogP contribution in [0.5, 0.6) is 0 Å². The number of rotatable bonds is 2. The van der Waals surface area contributed by atoms with E-state index in [0.29, 0.717) is 33.6 Å². The molecule has 2 aromatic carbocycles. The number of fused-ring (bicyclic) bond motifs is 3. The highest BCUT2D eigenvalue weighted by molar-refractivity contribution is 5.85. The maximum absolute atomic E-state index is 14.1. The molecule has 2 heterocycles. The van der Waals surface area contributed by atoms with Gasteiger partial charge in [-0.15, -0.1) is 0 Å². The molecule has 1 aliphatic rings. The minimum Gasteiger partial charge on any atom is -0.357 e. The summed E-state index contributed by atoms with van der Waals surface area (Å²) in [5, 5.41) is 6.77. The molecule has 0 spiro atoms. The van der Waals surface area contributed by atoms with Gasteiger partial charge in [0.2, 0.25) is 0 Å². The van der Waals surface area contributed by atoms with Crippen molar-refractivity contribution in [2.75, 3.05) is 11.4 Å². The summed E-state index contributed by atoms with van der Waals surface area (Å²) in [6.07, 6.45) is -2.81. The number of H-pyrrole nitrogens is 1. The van der Waals surface area contributed by atoms with Crippen LogP contribution in [0.3, 0.4) is 0 Å². The van der Waals surface area contributed by atoms with Crippen molar-refractivity contribution in [1.82, 2.24) is 10.2 Å². The Morgan fingerprint density at radius 3 is 2.64 bits per heavy atom. The first-order valence-corrected chi connectivity index (χ1v) is 7.65. The lowest BCUT2D eigenvalue weighted by molar-refractivity contribution is -0.119. The van der Waals surface area contributed by atoms with Gasteiger partial charge in [0.1, 0.15) is 12.4 Å². The Hall–Kier alpha value is -2.83. The van der Waals surface area contributed by atoms with Crippen LogP contribution in [0.1, 0.15) is 5.56 Å². The van der Waals surface area contributed by atoms with E-state index in [9.17, 15) is 17.6 Å². The van der Waals surface area contributed by atoms with Crippen LogP contribution in [0.25, 0.3) is 22.4 Å². The highest BCUT2D eigenvalue weighted by Gasteiger charge is 2.34. The van der Waals surface area contributed by atoms with Gasteiger partial charge in [0.25, 0.3) is 0 Å². The summed E-state index contributed by atoms with van der Waals surface area (Å²) in [5.74, 6) is -0.414. The van der Waals surface area contributed by atoms with Crippen molar-refractivity contribution >= 4 is 5.69 Å². The molecular weight excluding hydrogens is 334 g/mol. The third kappa shape index (κ3) is 2.86. The second-order valence-electron chi connectivity index (χ2n) is 5.95. The van der Waals surface area contributed by atoms with E-state index in [1.165, 1.54) is 17.2 Å². The minimum atomic E-state index is -4.34. The third-order valence-corrected chi connectivity index (χ3v) is 4.24. The minimum absolute atomic E-state index is 0.0963. The zero-order chi connectivity index (χ0) is 17.6. The van der Waals surface area contributed by atoms with Crippen LogP contribution in [0, 0.1) is 5.82 Å². The number of aromatic nitrogens is 2. The maximum Gasteiger partial charge on any atom is 0.405 e. The second kappa shape index (κ2) is 5.61. The van der Waals surface area contributed by atoms with Crippen molar-refractivity contribution in [3.63, 3.8) is 0 Å². The molecule has 0 saturated carbocycles. The second-order valence-corrected chi connectivity index (χ2v) is 5.95. The number of hydrogen-bond donors (Lipinski definition) is 1. The Morgan fingerprint density at radius 2 is 1.88 bits per heavy atom. The zero-order valence-corrected chi connectivity index (χ0v) is 12.9. The first-order chi connectivity index (χ1) is 11.9. The topological polar surface area (TPSA) is 31.9 Å². The van der Waals surface area contributed by atoms with Gasteiger partial charge < -0.3 is 4.90 Å². The van der Waals surface area contributed by atoms with Crippen molar-refractivity contribution in [1.29, 1.82) is 0 Å². The number of alkyl halides is 3. The van der Waals surface area contributed by atoms with E-state index in [2.05, 4.69) is 10.2 Å². The number of nitrogens with one attached hydrogen (secondary N) is 1. The summed E-state index contributed by atoms with van der Waals surface area (Å²) in [6, 6.07) is 11.2. The van der Waals surface area contributed by atoms with Gasteiger partial charge in [-0.3, -0.25) is 5.10 Å². The monoisotopic (exact) mass is 347 g/mol. The number of nitrogens with zero attached hydrogens (tertiary/aromatic N) is 2. The quantitative estimate of drug-likeness (QED) is 0.678. The van der Waals surface area contributed by atoms with Crippen LogP contribution in [-0.2, 0) is 6.54 Å². The molecule has 0 amide bonds. The highest BCUT2D eigenvalue weighted by Crippen LogP contribution is 2.41. The first-order valence-electron chi connectivity index (χ1n) is 7.65. The fraction of sp³-hybridized carbons (Fsp3) is 0.167. The number of aromatic amines is 1. The number of halogens is 4. The predicted octanol–water partition coefficient (Wildman–Crippen LogP) is 4.77. The van der Waals surface area contributed by atoms with E-state index in [0.717, 1.165) is 0 Å². The predicted molar refractivity (Wildman–Crippen MR) is 86.5 cm³/mol. The Morgan fingerprint density at radius 1 is 1.08 bits per heavy atom. The molecule has 1 aliphatic heterocycles. The summed E-state index contributed by atoms with van der Waals surface area (Å²) in [5.41, 5.74) is 3.33. The molecule has 0 saturated heterocycles. The van der Waals surface area contributed by atoms with E-state index in [-0.39, 0.29) is 6.54 Å². The van der Waals surface area contributed by atoms with Crippen LogP contribution < -0.4 is 4.90 Å². The van der Waals surface area contributed by atoms with Gasteiger partial charge in [-0.05, 0) is 17.7 Å². The van der Waals surface area contributed by atoms with E-state index < -0.39 is 18.5 Å². The molecule has 128 valence electrons.